The second kappa shape index (κ2) is 62.5. The molecule has 1 amide bonds. The molecule has 11 heteroatoms. The quantitative estimate of drug-likeness (QED) is 0.0195. The Hall–Kier alpha value is -3.68. The van der Waals surface area contributed by atoms with Crippen LogP contribution in [0.3, 0.4) is 0 Å². The van der Waals surface area contributed by atoms with Gasteiger partial charge in [-0.25, -0.2) is 0 Å². The lowest BCUT2D eigenvalue weighted by Crippen LogP contribution is -2.61. The molecule has 0 bridgehead atoms. The largest absolute Gasteiger partial charge is 0.454 e. The molecule has 0 aromatic heterocycles. The highest BCUT2D eigenvalue weighted by molar-refractivity contribution is 5.80. The average Bonchev–Trinajstić information content (AvgIpc) is 2.93. The van der Waals surface area contributed by atoms with E-state index >= 15 is 0 Å². The van der Waals surface area contributed by atoms with E-state index in [0.29, 0.717) is 12.8 Å². The van der Waals surface area contributed by atoms with Gasteiger partial charge in [0.1, 0.15) is 24.4 Å². The number of amides is 1. The summed E-state index contributed by atoms with van der Waals surface area (Å²) in [6.07, 6.45) is 75.6. The summed E-state index contributed by atoms with van der Waals surface area (Å²) in [4.78, 5) is 26.7. The van der Waals surface area contributed by atoms with Crippen molar-refractivity contribution in [1.82, 2.24) is 5.32 Å². The van der Waals surface area contributed by atoms with Crippen molar-refractivity contribution < 1.29 is 49.3 Å². The summed E-state index contributed by atoms with van der Waals surface area (Å²) in [5, 5.41) is 57.2. The summed E-state index contributed by atoms with van der Waals surface area (Å²) in [5.74, 6) is -1.22. The number of esters is 1. The number of ether oxygens (including phenoxy) is 3. The molecule has 0 aliphatic carbocycles. The number of allylic oxidation sites excluding steroid dienone is 17. The predicted octanol–water partition coefficient (Wildman–Crippen LogP) is 18.4. The standard InChI is InChI=1S/C76H131NO10/c1-4-7-10-13-16-19-22-24-26-28-30-32-34-36-37-39-41-43-45-48-51-54-57-60-63-69(80)75(84)77-67(68(79)62-59-56-53-50-47-21-18-15-12-9-6-3)66-85-76-74(73(83)72(82)70(65-78)86-76)87-71(81)64-61-58-55-52-49-46-44-42-40-38-35-33-31-29-27-25-23-20-17-14-11-8-5-2/h8,11,16-17,19-20,24-27,31,33,38,40,44,46,59,62,67-70,72-74,76,78-80,82-83H,4-7,9-10,12-15,18,21-23,28-30,32,34-37,39,41-43,45,47-58,60-61,63-66H2,1-3H3,(H,77,84)/b11-8-,19-16-,20-17-,26-24-,27-25-,33-31-,40-38-,46-44-,62-59+. The van der Waals surface area contributed by atoms with Gasteiger partial charge < -0.3 is 45.1 Å². The van der Waals surface area contributed by atoms with Gasteiger partial charge in [-0.05, 0) is 109 Å². The molecule has 500 valence electrons. The van der Waals surface area contributed by atoms with Gasteiger partial charge >= 0.3 is 5.97 Å². The van der Waals surface area contributed by atoms with E-state index < -0.39 is 67.4 Å². The van der Waals surface area contributed by atoms with Gasteiger partial charge in [0.15, 0.2) is 12.4 Å². The number of hydrogen-bond acceptors (Lipinski definition) is 10. The van der Waals surface area contributed by atoms with E-state index in [1.165, 1.54) is 141 Å². The van der Waals surface area contributed by atoms with Gasteiger partial charge in [0.05, 0.1) is 25.4 Å². The number of unbranched alkanes of at least 4 members (excludes halogenated alkanes) is 30. The summed E-state index contributed by atoms with van der Waals surface area (Å²) in [7, 11) is 0. The molecule has 0 saturated carbocycles. The zero-order valence-corrected chi connectivity index (χ0v) is 55.6. The fraction of sp³-hybridized carbons (Fsp3) is 0.737. The van der Waals surface area contributed by atoms with Gasteiger partial charge in [-0.1, -0.05) is 291 Å². The Labute approximate surface area is 532 Å². The van der Waals surface area contributed by atoms with E-state index in [2.05, 4.69) is 123 Å². The maximum atomic E-state index is 13.5. The van der Waals surface area contributed by atoms with Gasteiger partial charge in [-0.3, -0.25) is 9.59 Å². The molecule has 0 radical (unpaired) electrons. The molecule has 1 aliphatic heterocycles. The van der Waals surface area contributed by atoms with Crippen molar-refractivity contribution in [3.05, 3.63) is 109 Å². The second-order valence-electron chi connectivity index (χ2n) is 24.2. The van der Waals surface area contributed by atoms with Crippen molar-refractivity contribution in [1.29, 1.82) is 0 Å². The number of aliphatic hydroxyl groups excluding tert-OH is 5. The Morgan fingerprint density at radius 1 is 0.460 bits per heavy atom. The minimum Gasteiger partial charge on any atom is -0.454 e. The van der Waals surface area contributed by atoms with E-state index in [1.807, 2.05) is 6.08 Å². The molecule has 0 aromatic carbocycles. The van der Waals surface area contributed by atoms with Crippen LogP contribution in [0.2, 0.25) is 0 Å². The Bertz CT molecular complexity index is 1830. The van der Waals surface area contributed by atoms with E-state index in [0.717, 1.165) is 109 Å². The maximum absolute atomic E-state index is 13.5. The number of rotatable bonds is 60. The topological polar surface area (TPSA) is 175 Å². The summed E-state index contributed by atoms with van der Waals surface area (Å²) in [6.45, 7) is 5.65. The monoisotopic (exact) mass is 1220 g/mol. The van der Waals surface area contributed by atoms with Crippen molar-refractivity contribution in [2.45, 2.75) is 346 Å². The first-order chi connectivity index (χ1) is 42.7. The van der Waals surface area contributed by atoms with Crippen LogP contribution in [-0.4, -0.2) is 99.6 Å². The molecule has 87 heavy (non-hydrogen) atoms. The van der Waals surface area contributed by atoms with Crippen molar-refractivity contribution >= 4 is 11.9 Å². The van der Waals surface area contributed by atoms with E-state index in [1.54, 1.807) is 6.08 Å². The fourth-order valence-corrected chi connectivity index (χ4v) is 10.6. The third-order valence-corrected chi connectivity index (χ3v) is 16.2. The summed E-state index contributed by atoms with van der Waals surface area (Å²) in [6, 6.07) is -1.04. The molecule has 1 rings (SSSR count). The van der Waals surface area contributed by atoms with Gasteiger partial charge in [0.25, 0.3) is 0 Å². The fourth-order valence-electron chi connectivity index (χ4n) is 10.6. The van der Waals surface area contributed by atoms with E-state index in [-0.39, 0.29) is 19.4 Å². The first-order valence-electron chi connectivity index (χ1n) is 35.7. The molecular formula is C76H131NO10. The van der Waals surface area contributed by atoms with Gasteiger partial charge in [-0.15, -0.1) is 0 Å². The van der Waals surface area contributed by atoms with Crippen molar-refractivity contribution in [3.8, 4) is 0 Å². The Balaban J connectivity index is 2.58. The average molecular weight is 1220 g/mol. The van der Waals surface area contributed by atoms with Crippen LogP contribution in [0.25, 0.3) is 0 Å². The van der Waals surface area contributed by atoms with Gasteiger partial charge in [0, 0.05) is 6.42 Å². The molecule has 1 heterocycles. The summed E-state index contributed by atoms with van der Waals surface area (Å²) in [5.41, 5.74) is 0. The molecule has 0 aromatic rings. The van der Waals surface area contributed by atoms with Crippen LogP contribution in [0.1, 0.15) is 297 Å². The molecule has 8 unspecified atom stereocenters. The number of carbonyl (C=O) groups is 2. The SMILES string of the molecule is CC/C=C\C/C=C\C/C=C\C/C=C\C/C=C\C/C=C\CCCCCCC(=O)OC1C(OCC(NC(=O)C(O)CCCCCCCCCCCCCCCC/C=C\C/C=C\CCCCC)C(O)/C=C/CCCCCCCCCCC)OC(CO)C(O)C1O. The normalized spacial score (nSPS) is 18.9. The van der Waals surface area contributed by atoms with Crippen molar-refractivity contribution in [3.63, 3.8) is 0 Å². The molecule has 1 saturated heterocycles. The minimum atomic E-state index is -1.63. The van der Waals surface area contributed by atoms with Crippen LogP contribution in [0.15, 0.2) is 109 Å². The zero-order chi connectivity index (χ0) is 63.1. The molecule has 8 atom stereocenters. The lowest BCUT2D eigenvalue weighted by atomic mass is 9.99. The third kappa shape index (κ3) is 49.7. The predicted molar refractivity (Wildman–Crippen MR) is 365 cm³/mol. The van der Waals surface area contributed by atoms with Gasteiger partial charge in [-0.2, -0.15) is 0 Å². The van der Waals surface area contributed by atoms with Crippen LogP contribution in [0, 0.1) is 0 Å². The van der Waals surface area contributed by atoms with Crippen LogP contribution in [0.5, 0.6) is 0 Å². The number of nitrogens with one attached hydrogen (secondary N) is 1. The first-order valence-corrected chi connectivity index (χ1v) is 35.7. The number of hydrogen-bond donors (Lipinski definition) is 6. The maximum Gasteiger partial charge on any atom is 0.306 e. The highest BCUT2D eigenvalue weighted by Gasteiger charge is 2.47. The molecule has 0 spiro atoms. The van der Waals surface area contributed by atoms with E-state index in [9.17, 15) is 35.1 Å². The molecular weight excluding hydrogens is 1090 g/mol. The van der Waals surface area contributed by atoms with E-state index in [4.69, 9.17) is 14.2 Å². The summed E-state index contributed by atoms with van der Waals surface area (Å²) >= 11 is 0. The van der Waals surface area contributed by atoms with Crippen LogP contribution in [-0.2, 0) is 23.8 Å². The Morgan fingerprint density at radius 2 is 0.828 bits per heavy atom. The second-order valence-corrected chi connectivity index (χ2v) is 24.2. The minimum absolute atomic E-state index is 0.0891. The molecule has 1 aliphatic rings. The third-order valence-electron chi connectivity index (χ3n) is 16.2. The molecule has 6 N–H and O–H groups in total. The highest BCUT2D eigenvalue weighted by atomic mass is 16.7. The Morgan fingerprint density at radius 3 is 1.26 bits per heavy atom. The van der Waals surface area contributed by atoms with Crippen molar-refractivity contribution in [2.24, 2.45) is 0 Å². The lowest BCUT2D eigenvalue weighted by molar-refractivity contribution is -0.305. The van der Waals surface area contributed by atoms with Crippen molar-refractivity contribution in [2.75, 3.05) is 13.2 Å². The van der Waals surface area contributed by atoms with Gasteiger partial charge in [0.2, 0.25) is 5.91 Å². The number of carbonyl (C=O) groups excluding carboxylic acids is 2. The number of aliphatic hydroxyl groups is 5. The molecule has 1 fully saturated rings. The smallest absolute Gasteiger partial charge is 0.306 e. The highest BCUT2D eigenvalue weighted by Crippen LogP contribution is 2.26. The zero-order valence-electron chi connectivity index (χ0n) is 55.6. The summed E-state index contributed by atoms with van der Waals surface area (Å²) < 4.78 is 17.7. The van der Waals surface area contributed by atoms with Crippen LogP contribution >= 0.6 is 0 Å². The van der Waals surface area contributed by atoms with Crippen LogP contribution < -0.4 is 5.32 Å². The Kier molecular flexibility index (Phi) is 58.4. The molecule has 11 nitrogen and oxygen atoms in total. The van der Waals surface area contributed by atoms with Crippen LogP contribution in [0.4, 0.5) is 0 Å². The first kappa shape index (κ1) is 81.3. The lowest BCUT2D eigenvalue weighted by Gasteiger charge is -2.41.